The lowest BCUT2D eigenvalue weighted by atomic mass is 10.1. The van der Waals surface area contributed by atoms with Crippen LogP contribution < -0.4 is 11.1 Å². The monoisotopic (exact) mass is 185 g/mol. The molecule has 0 aliphatic carbocycles. The molecule has 0 bridgehead atoms. The van der Waals surface area contributed by atoms with Gasteiger partial charge in [0.15, 0.2) is 0 Å². The van der Waals surface area contributed by atoms with Gasteiger partial charge in [0.25, 0.3) is 0 Å². The first kappa shape index (κ1) is 10.5. The minimum atomic E-state index is -0.198. The minimum absolute atomic E-state index is 0.198. The van der Waals surface area contributed by atoms with Crippen molar-refractivity contribution in [3.05, 3.63) is 0 Å². The zero-order chi connectivity index (χ0) is 9.68. The average Bonchev–Trinajstić information content (AvgIpc) is 2.15. The van der Waals surface area contributed by atoms with Gasteiger partial charge in [-0.15, -0.1) is 0 Å². The molecule has 1 fully saturated rings. The van der Waals surface area contributed by atoms with Crippen LogP contribution in [0.3, 0.4) is 0 Å². The van der Waals surface area contributed by atoms with Crippen LogP contribution in [0.4, 0.5) is 0 Å². The molecule has 0 radical (unpaired) electrons. The van der Waals surface area contributed by atoms with Gasteiger partial charge in [-0.2, -0.15) is 0 Å². The van der Waals surface area contributed by atoms with Crippen molar-refractivity contribution in [3.8, 4) is 0 Å². The second-order valence-corrected chi connectivity index (χ2v) is 3.62. The van der Waals surface area contributed by atoms with E-state index in [1.807, 2.05) is 7.05 Å². The molecule has 1 amide bonds. The van der Waals surface area contributed by atoms with Crippen molar-refractivity contribution in [2.24, 2.45) is 5.73 Å². The molecule has 0 aromatic heterocycles. The molecule has 1 rings (SSSR count). The van der Waals surface area contributed by atoms with Crippen LogP contribution >= 0.6 is 0 Å². The third kappa shape index (κ3) is 3.74. The standard InChI is InChI=1S/C9H19N3O/c1-11-8-2-5-12(6-3-8)7-4-9(10)13/h8,11H,2-7H2,1H3,(H2,10,13). The number of nitrogens with two attached hydrogens (primary N) is 1. The molecule has 4 heteroatoms. The number of carbonyl (C=O) groups excluding carboxylic acids is 1. The molecular formula is C9H19N3O. The number of hydrogen-bond donors (Lipinski definition) is 2. The van der Waals surface area contributed by atoms with Gasteiger partial charge in [-0.05, 0) is 33.0 Å². The van der Waals surface area contributed by atoms with Crippen molar-refractivity contribution >= 4 is 5.91 Å². The van der Waals surface area contributed by atoms with E-state index in [0.29, 0.717) is 12.5 Å². The highest BCUT2D eigenvalue weighted by atomic mass is 16.1. The van der Waals surface area contributed by atoms with Crippen LogP contribution in [-0.2, 0) is 4.79 Å². The van der Waals surface area contributed by atoms with Gasteiger partial charge in [-0.1, -0.05) is 0 Å². The predicted octanol–water partition coefficient (Wildman–Crippen LogP) is -0.454. The first-order valence-corrected chi connectivity index (χ1v) is 4.90. The van der Waals surface area contributed by atoms with Crippen LogP contribution in [0.15, 0.2) is 0 Å². The molecule has 0 unspecified atom stereocenters. The molecule has 1 heterocycles. The Morgan fingerprint density at radius 1 is 1.54 bits per heavy atom. The number of primary amides is 1. The number of piperidine rings is 1. The number of hydrogen-bond acceptors (Lipinski definition) is 3. The first-order chi connectivity index (χ1) is 6.22. The maximum Gasteiger partial charge on any atom is 0.218 e. The molecule has 1 saturated heterocycles. The molecular weight excluding hydrogens is 166 g/mol. The Balaban J connectivity index is 2.14. The molecule has 0 spiro atoms. The van der Waals surface area contributed by atoms with Crippen LogP contribution in [0.25, 0.3) is 0 Å². The van der Waals surface area contributed by atoms with Gasteiger partial charge < -0.3 is 16.0 Å². The van der Waals surface area contributed by atoms with E-state index in [0.717, 1.165) is 19.6 Å². The highest BCUT2D eigenvalue weighted by Gasteiger charge is 2.17. The van der Waals surface area contributed by atoms with E-state index >= 15 is 0 Å². The van der Waals surface area contributed by atoms with Crippen LogP contribution in [0, 0.1) is 0 Å². The number of rotatable bonds is 4. The van der Waals surface area contributed by atoms with E-state index in [2.05, 4.69) is 10.2 Å². The molecule has 1 aliphatic rings. The third-order valence-corrected chi connectivity index (χ3v) is 2.67. The fourth-order valence-electron chi connectivity index (χ4n) is 1.71. The molecule has 0 saturated carbocycles. The van der Waals surface area contributed by atoms with Crippen molar-refractivity contribution in [1.82, 2.24) is 10.2 Å². The molecule has 76 valence electrons. The van der Waals surface area contributed by atoms with Crippen molar-refractivity contribution < 1.29 is 4.79 Å². The number of nitrogens with zero attached hydrogens (tertiary/aromatic N) is 1. The Morgan fingerprint density at radius 2 is 2.15 bits per heavy atom. The Labute approximate surface area is 79.5 Å². The summed E-state index contributed by atoms with van der Waals surface area (Å²) in [7, 11) is 2.00. The summed E-state index contributed by atoms with van der Waals surface area (Å²) < 4.78 is 0. The molecule has 0 atom stereocenters. The topological polar surface area (TPSA) is 58.4 Å². The molecule has 13 heavy (non-hydrogen) atoms. The third-order valence-electron chi connectivity index (χ3n) is 2.67. The maximum absolute atomic E-state index is 10.5. The molecule has 4 nitrogen and oxygen atoms in total. The normalized spacial score (nSPS) is 20.4. The van der Waals surface area contributed by atoms with Crippen molar-refractivity contribution in [1.29, 1.82) is 0 Å². The summed E-state index contributed by atoms with van der Waals surface area (Å²) >= 11 is 0. The van der Waals surface area contributed by atoms with Crippen LogP contribution in [0.5, 0.6) is 0 Å². The summed E-state index contributed by atoms with van der Waals surface area (Å²) in [5, 5.41) is 3.27. The van der Waals surface area contributed by atoms with Gasteiger partial charge >= 0.3 is 0 Å². The fourth-order valence-corrected chi connectivity index (χ4v) is 1.71. The van der Waals surface area contributed by atoms with E-state index in [-0.39, 0.29) is 5.91 Å². The van der Waals surface area contributed by atoms with Crippen molar-refractivity contribution in [2.45, 2.75) is 25.3 Å². The number of carbonyl (C=O) groups is 1. The smallest absolute Gasteiger partial charge is 0.218 e. The zero-order valence-electron chi connectivity index (χ0n) is 8.25. The van der Waals surface area contributed by atoms with Gasteiger partial charge in [0.05, 0.1) is 0 Å². The average molecular weight is 185 g/mol. The van der Waals surface area contributed by atoms with Gasteiger partial charge in [-0.3, -0.25) is 4.79 Å². The summed E-state index contributed by atoms with van der Waals surface area (Å²) in [5.41, 5.74) is 5.09. The summed E-state index contributed by atoms with van der Waals surface area (Å²) in [6.07, 6.45) is 2.84. The molecule has 1 aliphatic heterocycles. The largest absolute Gasteiger partial charge is 0.370 e. The van der Waals surface area contributed by atoms with Gasteiger partial charge in [0, 0.05) is 19.0 Å². The second-order valence-electron chi connectivity index (χ2n) is 3.62. The number of amides is 1. The van der Waals surface area contributed by atoms with E-state index < -0.39 is 0 Å². The quantitative estimate of drug-likeness (QED) is 0.623. The maximum atomic E-state index is 10.5. The lowest BCUT2D eigenvalue weighted by Crippen LogP contribution is -2.42. The summed E-state index contributed by atoms with van der Waals surface area (Å²) in [5.74, 6) is -0.198. The van der Waals surface area contributed by atoms with Gasteiger partial charge in [0.1, 0.15) is 0 Å². The van der Waals surface area contributed by atoms with E-state index in [1.54, 1.807) is 0 Å². The predicted molar refractivity (Wildman–Crippen MR) is 52.3 cm³/mol. The lowest BCUT2D eigenvalue weighted by Gasteiger charge is -2.31. The van der Waals surface area contributed by atoms with Crippen molar-refractivity contribution in [3.63, 3.8) is 0 Å². The van der Waals surface area contributed by atoms with Crippen LogP contribution in [0.1, 0.15) is 19.3 Å². The lowest BCUT2D eigenvalue weighted by molar-refractivity contribution is -0.118. The van der Waals surface area contributed by atoms with Gasteiger partial charge in [-0.25, -0.2) is 0 Å². The first-order valence-electron chi connectivity index (χ1n) is 4.90. The van der Waals surface area contributed by atoms with Crippen LogP contribution in [-0.4, -0.2) is 43.5 Å². The Kier molecular flexibility index (Phi) is 4.18. The summed E-state index contributed by atoms with van der Waals surface area (Å²) in [6.45, 7) is 2.99. The second kappa shape index (κ2) is 5.19. The highest BCUT2D eigenvalue weighted by molar-refractivity contribution is 5.73. The number of likely N-dealkylation sites (tertiary alicyclic amines) is 1. The Bertz CT molecular complexity index is 164. The van der Waals surface area contributed by atoms with E-state index in [1.165, 1.54) is 12.8 Å². The van der Waals surface area contributed by atoms with Gasteiger partial charge in [0.2, 0.25) is 5.91 Å². The summed E-state index contributed by atoms with van der Waals surface area (Å²) in [4.78, 5) is 12.8. The zero-order valence-corrected chi connectivity index (χ0v) is 8.25. The SMILES string of the molecule is CNC1CCN(CCC(N)=O)CC1. The molecule has 0 aromatic carbocycles. The van der Waals surface area contributed by atoms with Crippen molar-refractivity contribution in [2.75, 3.05) is 26.7 Å². The molecule has 0 aromatic rings. The Morgan fingerprint density at radius 3 is 2.62 bits per heavy atom. The van der Waals surface area contributed by atoms with Crippen LogP contribution in [0.2, 0.25) is 0 Å². The number of nitrogens with one attached hydrogen (secondary N) is 1. The Hall–Kier alpha value is -0.610. The highest BCUT2D eigenvalue weighted by Crippen LogP contribution is 2.09. The fraction of sp³-hybridized carbons (Fsp3) is 0.889. The van der Waals surface area contributed by atoms with E-state index in [4.69, 9.17) is 5.73 Å². The van der Waals surface area contributed by atoms with E-state index in [9.17, 15) is 4.79 Å². The summed E-state index contributed by atoms with van der Waals surface area (Å²) in [6, 6.07) is 0.657. The minimum Gasteiger partial charge on any atom is -0.370 e. The molecule has 3 N–H and O–H groups in total.